The van der Waals surface area contributed by atoms with Crippen LogP contribution in [-0.2, 0) is 11.3 Å². The first kappa shape index (κ1) is 22.3. The molecule has 3 aromatic heterocycles. The number of aromatic amines is 2. The summed E-state index contributed by atoms with van der Waals surface area (Å²) in [6.07, 6.45) is 1.76. The van der Waals surface area contributed by atoms with E-state index < -0.39 is 11.3 Å². The van der Waals surface area contributed by atoms with E-state index in [9.17, 15) is 0 Å². The van der Waals surface area contributed by atoms with E-state index in [-0.39, 0.29) is 0 Å². The monoisotopic (exact) mass is 525 g/mol. The molecule has 0 radical (unpaired) electrons. The van der Waals surface area contributed by atoms with Gasteiger partial charge in [-0.15, -0.1) is 0 Å². The number of anilines is 2. The average molecular weight is 526 g/mol. The van der Waals surface area contributed by atoms with Gasteiger partial charge in [-0.25, -0.2) is 20.0 Å². The fourth-order valence-electron chi connectivity index (χ4n) is 5.41. The minimum Gasteiger partial charge on any atom is -0.324 e. The highest BCUT2D eigenvalue weighted by Gasteiger charge is 2.64. The van der Waals surface area contributed by atoms with Crippen molar-refractivity contribution in [2.45, 2.75) is 11.3 Å². The van der Waals surface area contributed by atoms with E-state index in [0.717, 1.165) is 27.6 Å². The van der Waals surface area contributed by atoms with Crippen LogP contribution in [0, 0.1) is 0 Å². The Balaban J connectivity index is 1.26. The molecule has 0 spiro atoms. The maximum Gasteiger partial charge on any atom is 0.230 e. The summed E-state index contributed by atoms with van der Waals surface area (Å²) in [5.74, 6) is 2.12. The lowest BCUT2D eigenvalue weighted by atomic mass is 9.85. The van der Waals surface area contributed by atoms with Gasteiger partial charge in [0.1, 0.15) is 0 Å². The summed E-state index contributed by atoms with van der Waals surface area (Å²) in [6.45, 7) is 0. The molecule has 194 valence electrons. The molecular formula is C29H23N11. The van der Waals surface area contributed by atoms with E-state index >= 15 is 0 Å². The van der Waals surface area contributed by atoms with E-state index in [1.165, 1.54) is 0 Å². The van der Waals surface area contributed by atoms with Crippen molar-refractivity contribution in [3.63, 3.8) is 0 Å². The Morgan fingerprint density at radius 1 is 0.575 bits per heavy atom. The number of aromatic nitrogens is 5. The molecule has 2 aliphatic heterocycles. The standard InChI is InChI=1S/C29H23N11/c1-2-10-18(11-3-1)28-29(23-16-8-9-17-30-23,39-26(37-28)35-24-31-19-12-4-5-13-20(19)32-24)40-27(38-28)36-25-33-21-14-6-7-15-22(21)34-25/h1-17H,(H3,31,32,35,37,39)(H3,33,34,36,38,40). The number of fused-ring (bicyclic) bond motifs is 3. The van der Waals surface area contributed by atoms with Gasteiger partial charge in [-0.1, -0.05) is 60.7 Å². The van der Waals surface area contributed by atoms with Crippen LogP contribution in [0.3, 0.4) is 0 Å². The van der Waals surface area contributed by atoms with Gasteiger partial charge in [0.15, 0.2) is 0 Å². The lowest BCUT2D eigenvalue weighted by Crippen LogP contribution is -2.61. The first-order valence-corrected chi connectivity index (χ1v) is 12.9. The van der Waals surface area contributed by atoms with Gasteiger partial charge in [0, 0.05) is 11.8 Å². The molecule has 2 aliphatic rings. The zero-order chi connectivity index (χ0) is 26.6. The van der Waals surface area contributed by atoms with Crippen molar-refractivity contribution in [3.05, 3.63) is 115 Å². The zero-order valence-corrected chi connectivity index (χ0v) is 21.1. The maximum absolute atomic E-state index is 5.17. The van der Waals surface area contributed by atoms with Crippen LogP contribution in [0.15, 0.2) is 113 Å². The Labute approximate surface area is 227 Å². The topological polar surface area (TPSA) is 143 Å². The summed E-state index contributed by atoms with van der Waals surface area (Å²) in [5, 5.41) is 13.8. The number of guanidine groups is 2. The number of hydrogen-bond donors (Lipinski definition) is 6. The van der Waals surface area contributed by atoms with Crippen molar-refractivity contribution in [3.8, 4) is 0 Å². The van der Waals surface area contributed by atoms with E-state index in [2.05, 4.69) is 41.2 Å². The zero-order valence-electron chi connectivity index (χ0n) is 21.1. The number of nitrogens with one attached hydrogen (secondary N) is 6. The number of imidazole rings is 2. The van der Waals surface area contributed by atoms with Gasteiger partial charge in [0.05, 0.1) is 27.8 Å². The van der Waals surface area contributed by atoms with Crippen LogP contribution in [-0.4, -0.2) is 36.8 Å². The Morgan fingerprint density at radius 2 is 1.12 bits per heavy atom. The first-order valence-electron chi connectivity index (χ1n) is 12.9. The molecule has 0 atom stereocenters. The highest BCUT2D eigenvalue weighted by atomic mass is 15.5. The van der Waals surface area contributed by atoms with Gasteiger partial charge >= 0.3 is 0 Å². The van der Waals surface area contributed by atoms with Crippen LogP contribution >= 0.6 is 0 Å². The molecule has 3 aromatic carbocycles. The summed E-state index contributed by atoms with van der Waals surface area (Å²) in [7, 11) is 0. The predicted octanol–water partition coefficient (Wildman–Crippen LogP) is 3.98. The van der Waals surface area contributed by atoms with Crippen molar-refractivity contribution in [1.82, 2.24) is 35.6 Å². The Morgan fingerprint density at radius 3 is 1.68 bits per heavy atom. The average Bonchev–Trinajstić information content (AvgIpc) is 3.73. The second-order valence-corrected chi connectivity index (χ2v) is 9.63. The highest BCUT2D eigenvalue weighted by molar-refractivity contribution is 6.01. The molecule has 8 rings (SSSR count). The molecule has 0 amide bonds. The van der Waals surface area contributed by atoms with Crippen LogP contribution in [0.4, 0.5) is 11.9 Å². The second kappa shape index (κ2) is 8.40. The number of H-pyrrole nitrogens is 2. The Kier molecular flexibility index (Phi) is 4.68. The Hall–Kier alpha value is -5.71. The molecule has 0 unspecified atom stereocenters. The lowest BCUT2D eigenvalue weighted by molar-refractivity contribution is 0.227. The smallest absolute Gasteiger partial charge is 0.230 e. The number of para-hydroxylation sites is 4. The van der Waals surface area contributed by atoms with Crippen LogP contribution < -0.4 is 21.3 Å². The second-order valence-electron chi connectivity index (χ2n) is 9.63. The molecular weight excluding hydrogens is 502 g/mol. The van der Waals surface area contributed by atoms with Crippen molar-refractivity contribution < 1.29 is 0 Å². The van der Waals surface area contributed by atoms with Crippen LogP contribution in [0.25, 0.3) is 22.1 Å². The SMILES string of the molecule is c1ccc(C23N=C(Nc4nc5ccccc5[nH]4)NC2(c2ccccn2)NC(Nc2nc4ccccc4[nH]2)=N3)cc1. The van der Waals surface area contributed by atoms with E-state index in [1.807, 2.05) is 97.1 Å². The van der Waals surface area contributed by atoms with Crippen LogP contribution in [0.5, 0.6) is 0 Å². The molecule has 40 heavy (non-hydrogen) atoms. The third-order valence-electron chi connectivity index (χ3n) is 7.16. The number of pyridine rings is 1. The summed E-state index contributed by atoms with van der Waals surface area (Å²) < 4.78 is 0. The molecule has 11 nitrogen and oxygen atoms in total. The number of rotatable bonds is 4. The normalized spacial score (nSPS) is 21.4. The Bertz CT molecular complexity index is 1760. The molecule has 0 fully saturated rings. The minimum absolute atomic E-state index is 0.493. The molecule has 0 saturated carbocycles. The minimum atomic E-state index is -1.15. The molecule has 5 heterocycles. The third-order valence-corrected chi connectivity index (χ3v) is 7.16. The maximum atomic E-state index is 5.17. The van der Waals surface area contributed by atoms with Gasteiger partial charge < -0.3 is 20.6 Å². The molecule has 0 aliphatic carbocycles. The van der Waals surface area contributed by atoms with Crippen molar-refractivity contribution in [1.29, 1.82) is 0 Å². The van der Waals surface area contributed by atoms with Gasteiger partial charge in [-0.3, -0.25) is 15.6 Å². The van der Waals surface area contributed by atoms with Gasteiger partial charge in [-0.05, 0) is 36.4 Å². The predicted molar refractivity (Wildman–Crippen MR) is 155 cm³/mol. The molecule has 0 saturated heterocycles. The molecule has 6 aromatic rings. The fourth-order valence-corrected chi connectivity index (χ4v) is 5.41. The van der Waals surface area contributed by atoms with Gasteiger partial charge in [0.25, 0.3) is 0 Å². The summed E-state index contributed by atoms with van der Waals surface area (Å²) in [6, 6.07) is 31.5. The van der Waals surface area contributed by atoms with E-state index in [0.29, 0.717) is 29.5 Å². The number of aliphatic imine (C=N–C) groups is 2. The quantitative estimate of drug-likeness (QED) is 0.204. The summed E-state index contributed by atoms with van der Waals surface area (Å²) in [4.78, 5) is 31.0. The number of benzene rings is 3. The van der Waals surface area contributed by atoms with Crippen molar-refractivity contribution in [2.24, 2.45) is 9.98 Å². The third kappa shape index (κ3) is 3.34. The van der Waals surface area contributed by atoms with Crippen molar-refractivity contribution in [2.75, 3.05) is 10.6 Å². The van der Waals surface area contributed by atoms with Gasteiger partial charge in [-0.2, -0.15) is 0 Å². The summed E-state index contributed by atoms with van der Waals surface area (Å²) in [5.41, 5.74) is 2.95. The molecule has 0 bridgehead atoms. The highest BCUT2D eigenvalue weighted by Crippen LogP contribution is 2.49. The van der Waals surface area contributed by atoms with E-state index in [4.69, 9.17) is 15.0 Å². The van der Waals surface area contributed by atoms with Crippen LogP contribution in [0.1, 0.15) is 11.3 Å². The number of hydrogen-bond acceptors (Lipinski definition) is 9. The fraction of sp³-hybridized carbons (Fsp3) is 0.0690. The van der Waals surface area contributed by atoms with Gasteiger partial charge in [0.2, 0.25) is 35.1 Å². The lowest BCUT2D eigenvalue weighted by Gasteiger charge is -2.36. The van der Waals surface area contributed by atoms with Crippen LogP contribution in [0.2, 0.25) is 0 Å². The largest absolute Gasteiger partial charge is 0.324 e. The molecule has 6 N–H and O–H groups in total. The molecule has 11 heteroatoms. The number of nitrogens with zero attached hydrogens (tertiary/aromatic N) is 5. The first-order chi connectivity index (χ1) is 19.7. The summed E-state index contributed by atoms with van der Waals surface area (Å²) >= 11 is 0. The van der Waals surface area contributed by atoms with E-state index in [1.54, 1.807) is 6.20 Å². The van der Waals surface area contributed by atoms with Crippen molar-refractivity contribution >= 4 is 45.9 Å².